The van der Waals surface area contributed by atoms with E-state index in [0.717, 1.165) is 22.9 Å². The van der Waals surface area contributed by atoms with E-state index in [9.17, 15) is 4.79 Å². The summed E-state index contributed by atoms with van der Waals surface area (Å²) in [6.45, 7) is 2.60. The highest BCUT2D eigenvalue weighted by Crippen LogP contribution is 2.16. The van der Waals surface area contributed by atoms with Crippen LogP contribution in [0.4, 0.5) is 0 Å². The van der Waals surface area contributed by atoms with Gasteiger partial charge in [0.05, 0.1) is 13.0 Å². The van der Waals surface area contributed by atoms with Crippen molar-refractivity contribution in [3.63, 3.8) is 0 Å². The summed E-state index contributed by atoms with van der Waals surface area (Å²) in [6, 6.07) is 7.69. The van der Waals surface area contributed by atoms with Gasteiger partial charge in [0, 0.05) is 4.47 Å². The lowest BCUT2D eigenvalue weighted by molar-refractivity contribution is -0.142. The van der Waals surface area contributed by atoms with Crippen LogP contribution in [0.1, 0.15) is 25.3 Å². The summed E-state index contributed by atoms with van der Waals surface area (Å²) in [7, 11) is 0. The summed E-state index contributed by atoms with van der Waals surface area (Å²) < 4.78 is 6.04. The third-order valence-electron chi connectivity index (χ3n) is 2.05. The van der Waals surface area contributed by atoms with Crippen molar-refractivity contribution < 1.29 is 9.53 Å². The van der Waals surface area contributed by atoms with Gasteiger partial charge in [0.25, 0.3) is 0 Å². The van der Waals surface area contributed by atoms with Crippen LogP contribution in [0.3, 0.4) is 0 Å². The molecule has 1 aromatic carbocycles. The minimum Gasteiger partial charge on any atom is -0.465 e. The number of unbranched alkanes of at least 4 members (excludes halogenated alkanes) is 1. The first-order valence-electron chi connectivity index (χ1n) is 5.13. The van der Waals surface area contributed by atoms with E-state index in [1.54, 1.807) is 0 Å². The summed E-state index contributed by atoms with van der Waals surface area (Å²) in [5.41, 5.74) is 0.971. The number of carbonyl (C=O) groups excluding carboxylic acids is 1. The summed E-state index contributed by atoms with van der Waals surface area (Å²) in [4.78, 5) is 11.4. The van der Waals surface area contributed by atoms with Crippen molar-refractivity contribution in [2.24, 2.45) is 0 Å². The maximum atomic E-state index is 11.4. The number of hydrogen-bond acceptors (Lipinski definition) is 2. The van der Waals surface area contributed by atoms with Gasteiger partial charge in [0.15, 0.2) is 0 Å². The van der Waals surface area contributed by atoms with Crippen LogP contribution in [0.15, 0.2) is 28.7 Å². The minimum atomic E-state index is -0.157. The van der Waals surface area contributed by atoms with Gasteiger partial charge in [0.2, 0.25) is 0 Å². The lowest BCUT2D eigenvalue weighted by atomic mass is 10.1. The fourth-order valence-electron chi connectivity index (χ4n) is 1.18. The van der Waals surface area contributed by atoms with Crippen LogP contribution in [0.2, 0.25) is 0 Å². The van der Waals surface area contributed by atoms with E-state index in [1.807, 2.05) is 24.3 Å². The van der Waals surface area contributed by atoms with Gasteiger partial charge in [-0.2, -0.15) is 0 Å². The van der Waals surface area contributed by atoms with Crippen LogP contribution in [0.25, 0.3) is 0 Å². The fourth-order valence-corrected chi connectivity index (χ4v) is 1.60. The van der Waals surface area contributed by atoms with Crippen LogP contribution >= 0.6 is 15.9 Å². The van der Waals surface area contributed by atoms with Crippen molar-refractivity contribution in [3.8, 4) is 0 Å². The molecule has 0 saturated heterocycles. The average molecular weight is 271 g/mol. The molecule has 0 atom stereocenters. The zero-order chi connectivity index (χ0) is 11.1. The Morgan fingerprint density at radius 1 is 1.40 bits per heavy atom. The fraction of sp³-hybridized carbons (Fsp3) is 0.417. The molecule has 0 saturated carbocycles. The Bertz CT molecular complexity index is 323. The molecular weight excluding hydrogens is 256 g/mol. The van der Waals surface area contributed by atoms with E-state index in [-0.39, 0.29) is 5.97 Å². The van der Waals surface area contributed by atoms with Gasteiger partial charge in [-0.05, 0) is 18.1 Å². The molecule has 0 aliphatic rings. The molecule has 0 unspecified atom stereocenters. The lowest BCUT2D eigenvalue weighted by Crippen LogP contribution is -2.09. The molecule has 0 radical (unpaired) electrons. The van der Waals surface area contributed by atoms with E-state index >= 15 is 0 Å². The highest BCUT2D eigenvalue weighted by atomic mass is 79.9. The van der Waals surface area contributed by atoms with Crippen molar-refractivity contribution in [1.29, 1.82) is 0 Å². The third-order valence-corrected chi connectivity index (χ3v) is 2.83. The van der Waals surface area contributed by atoms with Crippen LogP contribution in [0, 0.1) is 0 Å². The molecule has 1 aromatic rings. The maximum absolute atomic E-state index is 11.4. The highest BCUT2D eigenvalue weighted by molar-refractivity contribution is 9.10. The van der Waals surface area contributed by atoms with Crippen molar-refractivity contribution in [2.75, 3.05) is 6.61 Å². The van der Waals surface area contributed by atoms with E-state index in [0.29, 0.717) is 13.0 Å². The molecule has 3 heteroatoms. The first-order chi connectivity index (χ1) is 7.24. The number of hydrogen-bond donors (Lipinski definition) is 0. The monoisotopic (exact) mass is 270 g/mol. The van der Waals surface area contributed by atoms with Gasteiger partial charge in [-0.25, -0.2) is 0 Å². The van der Waals surface area contributed by atoms with Gasteiger partial charge < -0.3 is 4.74 Å². The van der Waals surface area contributed by atoms with E-state index in [2.05, 4.69) is 22.9 Å². The van der Waals surface area contributed by atoms with Crippen molar-refractivity contribution in [3.05, 3.63) is 34.3 Å². The van der Waals surface area contributed by atoms with Gasteiger partial charge in [-0.15, -0.1) is 0 Å². The second-order valence-electron chi connectivity index (χ2n) is 3.34. The van der Waals surface area contributed by atoms with Gasteiger partial charge in [-0.3, -0.25) is 4.79 Å². The molecule has 2 nitrogen and oxygen atoms in total. The van der Waals surface area contributed by atoms with Gasteiger partial charge in [0.1, 0.15) is 0 Å². The summed E-state index contributed by atoms with van der Waals surface area (Å²) in [5, 5.41) is 0. The van der Waals surface area contributed by atoms with Crippen LogP contribution in [0.5, 0.6) is 0 Å². The summed E-state index contributed by atoms with van der Waals surface area (Å²) in [5.74, 6) is -0.157. The second-order valence-corrected chi connectivity index (χ2v) is 4.20. The van der Waals surface area contributed by atoms with E-state index in [1.165, 1.54) is 0 Å². The predicted octanol–water partition coefficient (Wildman–Crippen LogP) is 3.33. The molecule has 0 bridgehead atoms. The Balaban J connectivity index is 2.41. The Morgan fingerprint density at radius 3 is 2.80 bits per heavy atom. The molecule has 0 aliphatic heterocycles. The summed E-state index contributed by atoms with van der Waals surface area (Å²) >= 11 is 3.40. The van der Waals surface area contributed by atoms with Gasteiger partial charge in [-0.1, -0.05) is 47.5 Å². The number of carbonyl (C=O) groups is 1. The quantitative estimate of drug-likeness (QED) is 0.606. The number of esters is 1. The number of ether oxygens (including phenoxy) is 1. The minimum absolute atomic E-state index is 0.157. The Kier molecular flexibility index (Phi) is 5.40. The SMILES string of the molecule is CCCCOC(=O)Cc1ccccc1Br. The van der Waals surface area contributed by atoms with Crippen LogP contribution < -0.4 is 0 Å². The Morgan fingerprint density at radius 2 is 2.13 bits per heavy atom. The van der Waals surface area contributed by atoms with Crippen molar-refractivity contribution in [1.82, 2.24) is 0 Å². The molecule has 15 heavy (non-hydrogen) atoms. The number of rotatable bonds is 5. The third kappa shape index (κ3) is 4.47. The molecule has 0 heterocycles. The van der Waals surface area contributed by atoms with Crippen molar-refractivity contribution >= 4 is 21.9 Å². The predicted molar refractivity (Wildman–Crippen MR) is 63.7 cm³/mol. The molecular formula is C12H15BrO2. The van der Waals surface area contributed by atoms with Crippen LogP contribution in [-0.2, 0) is 16.0 Å². The molecule has 0 aromatic heterocycles. The molecule has 0 spiro atoms. The first-order valence-corrected chi connectivity index (χ1v) is 5.92. The number of benzene rings is 1. The lowest BCUT2D eigenvalue weighted by Gasteiger charge is -2.05. The maximum Gasteiger partial charge on any atom is 0.310 e. The largest absolute Gasteiger partial charge is 0.465 e. The molecule has 0 aliphatic carbocycles. The normalized spacial score (nSPS) is 10.0. The Hall–Kier alpha value is -0.830. The average Bonchev–Trinajstić information content (AvgIpc) is 2.22. The highest BCUT2D eigenvalue weighted by Gasteiger charge is 2.06. The molecule has 1 rings (SSSR count). The number of halogens is 1. The zero-order valence-corrected chi connectivity index (χ0v) is 10.4. The molecule has 0 amide bonds. The van der Waals surface area contributed by atoms with Crippen LogP contribution in [-0.4, -0.2) is 12.6 Å². The van der Waals surface area contributed by atoms with E-state index in [4.69, 9.17) is 4.74 Å². The molecule has 0 fully saturated rings. The standard InChI is InChI=1S/C12H15BrO2/c1-2-3-8-15-12(14)9-10-6-4-5-7-11(10)13/h4-7H,2-3,8-9H2,1H3. The zero-order valence-electron chi connectivity index (χ0n) is 8.83. The van der Waals surface area contributed by atoms with E-state index < -0.39 is 0 Å². The molecule has 0 N–H and O–H groups in total. The summed E-state index contributed by atoms with van der Waals surface area (Å²) in [6.07, 6.45) is 2.31. The molecule has 82 valence electrons. The van der Waals surface area contributed by atoms with Gasteiger partial charge >= 0.3 is 5.97 Å². The second kappa shape index (κ2) is 6.62. The van der Waals surface area contributed by atoms with Crippen molar-refractivity contribution in [2.45, 2.75) is 26.2 Å². The smallest absolute Gasteiger partial charge is 0.310 e. The Labute approximate surface area is 98.8 Å². The topological polar surface area (TPSA) is 26.3 Å². The first kappa shape index (κ1) is 12.2.